The van der Waals surface area contributed by atoms with Gasteiger partial charge in [-0.15, -0.1) is 0 Å². The summed E-state index contributed by atoms with van der Waals surface area (Å²) in [5.74, 6) is -2.20. The summed E-state index contributed by atoms with van der Waals surface area (Å²) >= 11 is 0. The molecule has 0 aliphatic carbocycles. The Morgan fingerprint density at radius 2 is 0.531 bits per heavy atom. The van der Waals surface area contributed by atoms with Gasteiger partial charge in [-0.2, -0.15) is 0 Å². The third-order valence-corrected chi connectivity index (χ3v) is 18.3. The van der Waals surface area contributed by atoms with E-state index in [1.54, 1.807) is 0 Å². The fraction of sp³-hybridized carbons (Fsp3) is 0.772. The minimum atomic E-state index is -4.98. The smallest absolute Gasteiger partial charge is 0.462 e. The highest BCUT2D eigenvalue weighted by molar-refractivity contribution is 7.47. The number of carbonyl (C=O) groups is 4. The quantitative estimate of drug-likeness (QED) is 0.0169. The maximum atomic E-state index is 13.1. The highest BCUT2D eigenvalue weighted by Crippen LogP contribution is 2.45. The molecule has 0 aliphatic rings. The molecule has 17 nitrogen and oxygen atoms in total. The topological polar surface area (TPSA) is 237 Å². The minimum absolute atomic E-state index is 0.0823. The van der Waals surface area contributed by atoms with E-state index in [0.29, 0.717) is 25.7 Å². The SMILES string of the molecule is CC/C=C\C/C=C\C/C=C\CCCCCCCC(=O)OCC(COP(=O)(O)OCC(O)COP(=O)(O)OCC(COC(=O)CCCCCCC/C=C\C/C=C\C/C=C\CC)OC(=O)CCCCCCCCCCCCCCCCC)OC(=O)CCCCCCC/C=C\CCCCCC. The Bertz CT molecular complexity index is 2190. The van der Waals surface area contributed by atoms with Gasteiger partial charge in [0.05, 0.1) is 26.4 Å². The lowest BCUT2D eigenvalue weighted by Crippen LogP contribution is -2.30. The fourth-order valence-corrected chi connectivity index (χ4v) is 12.1. The lowest BCUT2D eigenvalue weighted by Gasteiger charge is -2.21. The van der Waals surface area contributed by atoms with Gasteiger partial charge in [0.2, 0.25) is 0 Å². The van der Waals surface area contributed by atoms with E-state index >= 15 is 0 Å². The van der Waals surface area contributed by atoms with Crippen LogP contribution in [0.4, 0.5) is 0 Å². The standard InChI is InChI=1S/C79H140O17P2/c1-5-9-13-17-21-25-29-33-36-40-43-47-51-55-59-63-76(81)89-69-74(95-78(83)65-61-57-53-49-45-39-32-28-24-20-16-12-8-4)71-93-97(85,86)91-67-73(80)68-92-98(87,88)94-72-75(96-79(84)66-62-58-54-50-46-42-38-35-31-27-23-19-15-11-7-3)70-90-77(82)64-60-56-52-48-44-41-37-34-30-26-22-18-14-10-6-2/h9-10,13-14,21-22,25-26,28,32-34,36-37,73-75,80H,5-8,11-12,15-20,23-24,27,29-31,35,38-72H2,1-4H3,(H,85,86)(H,87,88)/b13-9-,14-10-,25-21-,26-22-,32-28-,36-33-,37-34-. The maximum Gasteiger partial charge on any atom is 0.472 e. The molecule has 0 saturated carbocycles. The first-order chi connectivity index (χ1) is 47.7. The van der Waals surface area contributed by atoms with Crippen molar-refractivity contribution in [2.75, 3.05) is 39.6 Å². The van der Waals surface area contributed by atoms with Gasteiger partial charge in [-0.05, 0) is 116 Å². The molecule has 0 bridgehead atoms. The summed E-state index contributed by atoms with van der Waals surface area (Å²) in [6.07, 6.45) is 72.8. The van der Waals surface area contributed by atoms with Crippen molar-refractivity contribution in [3.8, 4) is 0 Å². The zero-order valence-electron chi connectivity index (χ0n) is 62.0. The van der Waals surface area contributed by atoms with Gasteiger partial charge in [-0.1, -0.05) is 280 Å². The minimum Gasteiger partial charge on any atom is -0.462 e. The average Bonchev–Trinajstić information content (AvgIpc) is 0.959. The van der Waals surface area contributed by atoms with Crippen LogP contribution in [-0.4, -0.2) is 96.7 Å². The van der Waals surface area contributed by atoms with Crippen molar-refractivity contribution in [1.82, 2.24) is 0 Å². The second-order valence-electron chi connectivity index (χ2n) is 25.9. The number of unbranched alkanes of at least 4 members (excludes halogenated alkanes) is 33. The molecular weight excluding hydrogens is 1280 g/mol. The van der Waals surface area contributed by atoms with Crippen molar-refractivity contribution in [2.24, 2.45) is 0 Å². The van der Waals surface area contributed by atoms with Crippen molar-refractivity contribution in [3.63, 3.8) is 0 Å². The number of rotatable bonds is 73. The molecular formula is C79H140O17P2. The lowest BCUT2D eigenvalue weighted by atomic mass is 10.0. The summed E-state index contributed by atoms with van der Waals surface area (Å²) in [5.41, 5.74) is 0. The molecule has 0 heterocycles. The number of ether oxygens (including phenoxy) is 4. The van der Waals surface area contributed by atoms with Gasteiger partial charge in [0.1, 0.15) is 19.3 Å². The Kier molecular flexibility index (Phi) is 68.9. The van der Waals surface area contributed by atoms with E-state index in [2.05, 4.69) is 113 Å². The summed E-state index contributed by atoms with van der Waals surface area (Å²) in [7, 11) is -9.95. The molecule has 0 rings (SSSR count). The van der Waals surface area contributed by atoms with Gasteiger partial charge in [0.25, 0.3) is 0 Å². The van der Waals surface area contributed by atoms with E-state index < -0.39 is 97.5 Å². The normalized spacial score (nSPS) is 14.4. The van der Waals surface area contributed by atoms with Gasteiger partial charge >= 0.3 is 39.5 Å². The molecule has 98 heavy (non-hydrogen) atoms. The van der Waals surface area contributed by atoms with Crippen LogP contribution in [0, 0.1) is 0 Å². The summed E-state index contributed by atoms with van der Waals surface area (Å²) in [5, 5.41) is 10.6. The molecule has 5 unspecified atom stereocenters. The Morgan fingerprint density at radius 3 is 0.837 bits per heavy atom. The third-order valence-electron chi connectivity index (χ3n) is 16.4. The van der Waals surface area contributed by atoms with Gasteiger partial charge in [0.15, 0.2) is 12.2 Å². The van der Waals surface area contributed by atoms with Crippen LogP contribution in [-0.2, 0) is 65.4 Å². The largest absolute Gasteiger partial charge is 0.472 e. The number of aliphatic hydroxyl groups is 1. The number of hydrogen-bond acceptors (Lipinski definition) is 15. The zero-order chi connectivity index (χ0) is 71.8. The first-order valence-corrected chi connectivity index (χ1v) is 41.8. The van der Waals surface area contributed by atoms with E-state index in [1.807, 2.05) is 0 Å². The Hall–Kier alpha value is -3.76. The highest BCUT2D eigenvalue weighted by atomic mass is 31.2. The first-order valence-electron chi connectivity index (χ1n) is 38.8. The monoisotopic (exact) mass is 1420 g/mol. The molecule has 0 saturated heterocycles. The molecule has 19 heteroatoms. The molecule has 0 aromatic heterocycles. The number of esters is 4. The van der Waals surface area contributed by atoms with Gasteiger partial charge in [-0.25, -0.2) is 9.13 Å². The number of hydrogen-bond donors (Lipinski definition) is 3. The predicted octanol–water partition coefficient (Wildman–Crippen LogP) is 22.2. The van der Waals surface area contributed by atoms with Crippen molar-refractivity contribution in [2.45, 2.75) is 354 Å². The summed E-state index contributed by atoms with van der Waals surface area (Å²) in [4.78, 5) is 72.9. The second-order valence-corrected chi connectivity index (χ2v) is 28.8. The molecule has 0 fully saturated rings. The van der Waals surface area contributed by atoms with Crippen LogP contribution in [0.2, 0.25) is 0 Å². The van der Waals surface area contributed by atoms with Crippen LogP contribution in [0.25, 0.3) is 0 Å². The van der Waals surface area contributed by atoms with Crippen LogP contribution < -0.4 is 0 Å². The van der Waals surface area contributed by atoms with Crippen LogP contribution >= 0.6 is 15.6 Å². The molecule has 0 aliphatic heterocycles. The van der Waals surface area contributed by atoms with Crippen molar-refractivity contribution in [1.29, 1.82) is 0 Å². The Balaban J connectivity index is 5.35. The molecule has 568 valence electrons. The van der Waals surface area contributed by atoms with Crippen molar-refractivity contribution in [3.05, 3.63) is 85.1 Å². The summed E-state index contributed by atoms with van der Waals surface area (Å²) in [6.45, 7) is 4.63. The highest BCUT2D eigenvalue weighted by Gasteiger charge is 2.30. The van der Waals surface area contributed by atoms with Gasteiger partial charge < -0.3 is 33.8 Å². The molecule has 3 N–H and O–H groups in total. The van der Waals surface area contributed by atoms with Crippen LogP contribution in [0.5, 0.6) is 0 Å². The summed E-state index contributed by atoms with van der Waals surface area (Å²) in [6, 6.07) is 0. The van der Waals surface area contributed by atoms with Gasteiger partial charge in [0, 0.05) is 25.7 Å². The Morgan fingerprint density at radius 1 is 0.296 bits per heavy atom. The van der Waals surface area contributed by atoms with E-state index in [4.69, 9.17) is 37.0 Å². The molecule has 0 spiro atoms. The van der Waals surface area contributed by atoms with Crippen LogP contribution in [0.15, 0.2) is 85.1 Å². The zero-order valence-corrected chi connectivity index (χ0v) is 63.7. The average molecular weight is 1420 g/mol. The van der Waals surface area contributed by atoms with Crippen LogP contribution in [0.3, 0.4) is 0 Å². The number of phosphoric ester groups is 2. The van der Waals surface area contributed by atoms with Gasteiger partial charge in [-0.3, -0.25) is 37.3 Å². The van der Waals surface area contributed by atoms with Crippen LogP contribution in [0.1, 0.15) is 336 Å². The molecule has 0 radical (unpaired) electrons. The first kappa shape index (κ1) is 94.2. The van der Waals surface area contributed by atoms with E-state index in [0.717, 1.165) is 167 Å². The summed E-state index contributed by atoms with van der Waals surface area (Å²) < 4.78 is 68.5. The third kappa shape index (κ3) is 70.7. The number of allylic oxidation sites excluding steroid dienone is 14. The van der Waals surface area contributed by atoms with Crippen molar-refractivity contribution >= 4 is 39.5 Å². The molecule has 0 amide bonds. The lowest BCUT2D eigenvalue weighted by molar-refractivity contribution is -0.161. The number of carbonyl (C=O) groups excluding carboxylic acids is 4. The van der Waals surface area contributed by atoms with E-state index in [-0.39, 0.29) is 25.7 Å². The maximum absolute atomic E-state index is 13.1. The number of aliphatic hydroxyl groups excluding tert-OH is 1. The molecule has 5 atom stereocenters. The number of phosphoric acid groups is 2. The second kappa shape index (κ2) is 71.6. The molecule has 0 aromatic rings. The Labute approximate surface area is 595 Å². The predicted molar refractivity (Wildman–Crippen MR) is 399 cm³/mol. The van der Waals surface area contributed by atoms with Crippen molar-refractivity contribution < 1.29 is 80.2 Å². The van der Waals surface area contributed by atoms with E-state index in [9.17, 15) is 43.2 Å². The molecule has 0 aromatic carbocycles. The fourth-order valence-electron chi connectivity index (χ4n) is 10.5. The van der Waals surface area contributed by atoms with E-state index in [1.165, 1.54) is 89.9 Å².